The molecule has 0 bridgehead atoms. The lowest BCUT2D eigenvalue weighted by Crippen LogP contribution is -2.54. The maximum atomic E-state index is 13.5. The molecule has 0 aliphatic rings. The molecule has 0 radical (unpaired) electrons. The quantitative estimate of drug-likeness (QED) is 0.0162. The number of ether oxygens (including phenoxy) is 2. The molecule has 0 aromatic carbocycles. The maximum Gasteiger partial charge on any atom is 0.326 e. The Morgan fingerprint density at radius 1 is 0.508 bits per heavy atom. The minimum absolute atomic E-state index is 0.0519. The van der Waals surface area contributed by atoms with E-state index in [0.717, 1.165) is 38.5 Å². The first-order valence-electron chi connectivity index (χ1n) is 25.1. The zero-order valence-electron chi connectivity index (χ0n) is 40.4. The number of hydrogen-bond donors (Lipinski definition) is 9. The molecule has 0 aromatic heterocycles. The van der Waals surface area contributed by atoms with Crippen LogP contribution in [0.4, 0.5) is 0 Å². The molecule has 18 nitrogen and oxygen atoms in total. The number of aliphatic imine (C=N–C) groups is 2. The van der Waals surface area contributed by atoms with Crippen LogP contribution in [0, 0.1) is 0 Å². The van der Waals surface area contributed by atoms with Crippen molar-refractivity contribution in [2.24, 2.45) is 38.7 Å². The molecular weight excluding hydrogens is 833 g/mol. The second-order valence-corrected chi connectivity index (χ2v) is 17.3. The third-order valence-corrected chi connectivity index (χ3v) is 11.2. The number of carboxylic acids is 1. The molecule has 1 unspecified atom stereocenters. The number of carbonyl (C=O) groups is 5. The lowest BCUT2D eigenvalue weighted by Gasteiger charge is -2.23. The molecular formula is C47H92N10O8. The van der Waals surface area contributed by atoms with Crippen LogP contribution in [-0.4, -0.2) is 104 Å². The van der Waals surface area contributed by atoms with Crippen LogP contribution < -0.4 is 44.6 Å². The fourth-order valence-electron chi connectivity index (χ4n) is 7.26. The van der Waals surface area contributed by atoms with Gasteiger partial charge in [-0.1, -0.05) is 129 Å². The number of guanidine groups is 2. The van der Waals surface area contributed by atoms with Crippen LogP contribution >= 0.6 is 0 Å². The van der Waals surface area contributed by atoms with E-state index in [1.165, 1.54) is 89.9 Å². The second-order valence-electron chi connectivity index (χ2n) is 17.3. The Hall–Kier alpha value is -4.19. The molecule has 0 fully saturated rings. The van der Waals surface area contributed by atoms with Crippen molar-refractivity contribution in [3.05, 3.63) is 0 Å². The smallest absolute Gasteiger partial charge is 0.326 e. The number of nitrogens with zero attached hydrogens (tertiary/aromatic N) is 2. The number of hydrogen-bond acceptors (Lipinski definition) is 11. The van der Waals surface area contributed by atoms with E-state index in [4.69, 9.17) is 38.1 Å². The van der Waals surface area contributed by atoms with Crippen LogP contribution in [-0.2, 0) is 33.4 Å². The van der Waals surface area contributed by atoms with Crippen LogP contribution in [0.2, 0.25) is 0 Å². The van der Waals surface area contributed by atoms with Gasteiger partial charge in [0.15, 0.2) is 11.9 Å². The Labute approximate surface area is 390 Å². The minimum Gasteiger partial charge on any atom is -0.480 e. The van der Waals surface area contributed by atoms with Crippen molar-refractivity contribution in [1.29, 1.82) is 0 Å². The summed E-state index contributed by atoms with van der Waals surface area (Å²) in [6.07, 6.45) is 25.8. The van der Waals surface area contributed by atoms with E-state index >= 15 is 0 Å². The number of nitrogens with two attached hydrogens (primary N) is 5. The largest absolute Gasteiger partial charge is 0.480 e. The molecule has 4 atom stereocenters. The SMILES string of the molecule is CCCCCCCCCCCCOC(=O)CCC(NCCCC[C@H](NC(=O)[C@@H](N)CCCN=C(N)N)C(=O)N[C@@H](CCCN=C(N)N)C(=O)O)C(=O)OCCCCCCCCCCCC. The number of esters is 2. The van der Waals surface area contributed by atoms with Gasteiger partial charge in [-0.25, -0.2) is 4.79 Å². The van der Waals surface area contributed by atoms with Gasteiger partial charge in [-0.05, 0) is 70.8 Å². The molecule has 0 spiro atoms. The number of carbonyl (C=O) groups excluding carboxylic acids is 4. The Balaban J connectivity index is 5.37. The van der Waals surface area contributed by atoms with Crippen molar-refractivity contribution in [1.82, 2.24) is 16.0 Å². The molecule has 2 amide bonds. The van der Waals surface area contributed by atoms with Crippen LogP contribution in [0.15, 0.2) is 9.98 Å². The summed E-state index contributed by atoms with van der Waals surface area (Å²) in [4.78, 5) is 72.4. The highest BCUT2D eigenvalue weighted by atomic mass is 16.5. The van der Waals surface area contributed by atoms with Gasteiger partial charge in [-0.2, -0.15) is 0 Å². The van der Waals surface area contributed by atoms with E-state index in [1.54, 1.807) is 0 Å². The predicted octanol–water partition coefficient (Wildman–Crippen LogP) is 5.31. The summed E-state index contributed by atoms with van der Waals surface area (Å²) in [6, 6.07) is -4.06. The zero-order valence-corrected chi connectivity index (χ0v) is 40.4. The van der Waals surface area contributed by atoms with E-state index in [1.807, 2.05) is 0 Å². The first kappa shape index (κ1) is 60.8. The normalized spacial score (nSPS) is 12.9. The van der Waals surface area contributed by atoms with Gasteiger partial charge in [0.25, 0.3) is 0 Å². The standard InChI is InChI=1S/C47H92N10O8/c1-3-5-7-9-11-13-15-17-19-23-35-64-41(58)31-30-40(45(63)65-36-24-20-18-16-14-12-10-8-6-4-2)53-32-22-21-28-38(56-42(59)37(48)27-25-33-54-46(49)50)43(60)57-39(44(61)62)29-26-34-55-47(51)52/h37-40,53H,3-36,48H2,1-2H3,(H,56,59)(H,57,60)(H,61,62)(H4,49,50,54)(H4,51,52,55)/t37-,38-,39-,40?/m0/s1. The Kier molecular flexibility index (Phi) is 39.7. The third-order valence-electron chi connectivity index (χ3n) is 11.2. The lowest BCUT2D eigenvalue weighted by molar-refractivity contribution is -0.148. The highest BCUT2D eigenvalue weighted by Crippen LogP contribution is 2.13. The van der Waals surface area contributed by atoms with E-state index in [9.17, 15) is 29.1 Å². The summed E-state index contributed by atoms with van der Waals surface area (Å²) in [5.41, 5.74) is 27.6. The van der Waals surface area contributed by atoms with Gasteiger partial charge in [0.05, 0.1) is 19.3 Å². The predicted molar refractivity (Wildman–Crippen MR) is 260 cm³/mol. The number of rotatable bonds is 45. The third kappa shape index (κ3) is 37.7. The highest BCUT2D eigenvalue weighted by Gasteiger charge is 2.28. The summed E-state index contributed by atoms with van der Waals surface area (Å²) in [7, 11) is 0. The van der Waals surface area contributed by atoms with E-state index in [0.29, 0.717) is 45.4 Å². The first-order valence-corrected chi connectivity index (χ1v) is 25.1. The van der Waals surface area contributed by atoms with Gasteiger partial charge >= 0.3 is 17.9 Å². The number of carboxylic acid groups (broad SMARTS) is 1. The molecule has 14 N–H and O–H groups in total. The van der Waals surface area contributed by atoms with Gasteiger partial charge < -0.3 is 59.2 Å². The molecule has 0 heterocycles. The molecule has 0 aliphatic carbocycles. The van der Waals surface area contributed by atoms with Crippen LogP contribution in [0.5, 0.6) is 0 Å². The van der Waals surface area contributed by atoms with Crippen LogP contribution in [0.3, 0.4) is 0 Å². The van der Waals surface area contributed by atoms with E-state index in [-0.39, 0.29) is 63.1 Å². The minimum atomic E-state index is -1.25. The van der Waals surface area contributed by atoms with Crippen molar-refractivity contribution in [2.75, 3.05) is 32.8 Å². The molecule has 378 valence electrons. The summed E-state index contributed by atoms with van der Waals surface area (Å²) >= 11 is 0. The molecule has 0 aromatic rings. The summed E-state index contributed by atoms with van der Waals surface area (Å²) in [5, 5.41) is 18.3. The maximum absolute atomic E-state index is 13.5. The lowest BCUT2D eigenvalue weighted by atomic mass is 10.0. The average Bonchev–Trinajstić information content (AvgIpc) is 3.27. The molecule has 65 heavy (non-hydrogen) atoms. The van der Waals surface area contributed by atoms with Crippen LogP contribution in [0.1, 0.15) is 200 Å². The number of unbranched alkanes of at least 4 members (excludes halogenated alkanes) is 19. The number of amides is 2. The van der Waals surface area contributed by atoms with Crippen molar-refractivity contribution in [3.63, 3.8) is 0 Å². The highest BCUT2D eigenvalue weighted by molar-refractivity contribution is 5.91. The Bertz CT molecular complexity index is 1310. The van der Waals surface area contributed by atoms with E-state index < -0.39 is 47.9 Å². The van der Waals surface area contributed by atoms with Gasteiger partial charge in [0, 0.05) is 19.5 Å². The van der Waals surface area contributed by atoms with Gasteiger partial charge in [0.1, 0.15) is 18.1 Å². The summed E-state index contributed by atoms with van der Waals surface area (Å²) in [6.45, 7) is 5.90. The molecule has 0 aliphatic heterocycles. The average molecular weight is 925 g/mol. The molecule has 0 rings (SSSR count). The van der Waals surface area contributed by atoms with Crippen molar-refractivity contribution in [2.45, 2.75) is 224 Å². The van der Waals surface area contributed by atoms with Crippen molar-refractivity contribution >= 4 is 41.6 Å². The number of nitrogens with one attached hydrogen (secondary N) is 3. The first-order chi connectivity index (χ1) is 31.3. The van der Waals surface area contributed by atoms with Crippen LogP contribution in [0.25, 0.3) is 0 Å². The van der Waals surface area contributed by atoms with Gasteiger partial charge in [-0.3, -0.25) is 29.2 Å². The number of aliphatic carboxylic acids is 1. The summed E-state index contributed by atoms with van der Waals surface area (Å²) in [5.74, 6) is -3.51. The van der Waals surface area contributed by atoms with Crippen molar-refractivity contribution in [3.8, 4) is 0 Å². The molecule has 18 heteroatoms. The van der Waals surface area contributed by atoms with Crippen molar-refractivity contribution < 1.29 is 38.6 Å². The molecule has 0 saturated heterocycles. The fraction of sp³-hybridized carbons (Fsp3) is 0.851. The molecule has 0 saturated carbocycles. The van der Waals surface area contributed by atoms with Gasteiger partial charge in [-0.15, -0.1) is 0 Å². The van der Waals surface area contributed by atoms with Gasteiger partial charge in [0.2, 0.25) is 11.8 Å². The Morgan fingerprint density at radius 3 is 1.45 bits per heavy atom. The fourth-order valence-corrected chi connectivity index (χ4v) is 7.26. The zero-order chi connectivity index (χ0) is 48.3. The Morgan fingerprint density at radius 2 is 0.954 bits per heavy atom. The summed E-state index contributed by atoms with van der Waals surface area (Å²) < 4.78 is 11.2. The topological polar surface area (TPSA) is 315 Å². The second kappa shape index (κ2) is 42.4. The monoisotopic (exact) mass is 925 g/mol. The van der Waals surface area contributed by atoms with E-state index in [2.05, 4.69) is 39.8 Å².